The van der Waals surface area contributed by atoms with Crippen molar-refractivity contribution < 1.29 is 40.3 Å². The van der Waals surface area contributed by atoms with Crippen molar-refractivity contribution in [3.05, 3.63) is 58.7 Å². The average Bonchev–Trinajstić information content (AvgIpc) is 2.63. The van der Waals surface area contributed by atoms with Gasteiger partial charge in [0.25, 0.3) is 0 Å². The van der Waals surface area contributed by atoms with Gasteiger partial charge in [-0.1, -0.05) is 12.1 Å². The second-order valence-corrected chi connectivity index (χ2v) is 5.65. The molecule has 2 aromatic rings. The molecule has 28 heavy (non-hydrogen) atoms. The van der Waals surface area contributed by atoms with Crippen molar-refractivity contribution in [3.8, 4) is 5.75 Å². The number of ether oxygens (including phenoxy) is 1. The van der Waals surface area contributed by atoms with E-state index in [1.807, 2.05) is 0 Å². The van der Waals surface area contributed by atoms with E-state index in [-0.39, 0.29) is 6.42 Å². The summed E-state index contributed by atoms with van der Waals surface area (Å²) in [5.74, 6) is -10.9. The molecule has 0 heterocycles. The van der Waals surface area contributed by atoms with Gasteiger partial charge in [0.1, 0.15) is 17.0 Å². The number of alkyl halides is 3. The van der Waals surface area contributed by atoms with E-state index in [4.69, 9.17) is 10.5 Å². The van der Waals surface area contributed by atoms with Gasteiger partial charge >= 0.3 is 6.18 Å². The van der Waals surface area contributed by atoms with Crippen molar-refractivity contribution in [1.82, 2.24) is 0 Å². The summed E-state index contributed by atoms with van der Waals surface area (Å²) < 4.78 is 97.4. The van der Waals surface area contributed by atoms with E-state index in [2.05, 4.69) is 0 Å². The molecular formula is C17H13F7N2O2. The van der Waals surface area contributed by atoms with Gasteiger partial charge in [-0.15, -0.1) is 0 Å². The van der Waals surface area contributed by atoms with Crippen LogP contribution < -0.4 is 15.8 Å². The molecule has 0 aliphatic heterocycles. The number of carbonyl (C=O) groups is 1. The van der Waals surface area contributed by atoms with E-state index in [0.717, 1.165) is 0 Å². The van der Waals surface area contributed by atoms with Crippen molar-refractivity contribution >= 4 is 11.6 Å². The summed E-state index contributed by atoms with van der Waals surface area (Å²) in [5, 5.41) is 1.50. The molecule has 4 nitrogen and oxygen atoms in total. The molecule has 0 aliphatic carbocycles. The number of nitrogens with one attached hydrogen (secondary N) is 1. The van der Waals surface area contributed by atoms with E-state index >= 15 is 0 Å². The Balaban J connectivity index is 2.25. The lowest BCUT2D eigenvalue weighted by Crippen LogP contribution is -2.38. The van der Waals surface area contributed by atoms with Crippen molar-refractivity contribution in [2.24, 2.45) is 5.73 Å². The highest BCUT2D eigenvalue weighted by Gasteiger charge is 2.42. The molecule has 1 atom stereocenters. The fourth-order valence-electron chi connectivity index (χ4n) is 2.31. The summed E-state index contributed by atoms with van der Waals surface area (Å²) in [7, 11) is 1.43. The molecule has 0 aliphatic rings. The molecule has 0 saturated heterocycles. The minimum Gasteiger partial charge on any atom is -0.497 e. The number of amides is 1. The number of nitrogens with two attached hydrogens (primary N) is 1. The number of methoxy groups -OCH3 is 1. The van der Waals surface area contributed by atoms with Crippen LogP contribution in [-0.4, -0.2) is 19.1 Å². The third-order valence-electron chi connectivity index (χ3n) is 3.75. The Bertz CT molecular complexity index is 854. The summed E-state index contributed by atoms with van der Waals surface area (Å²) in [5.41, 5.74) is 1.68. The summed E-state index contributed by atoms with van der Waals surface area (Å²) in [4.78, 5) is 12.0. The van der Waals surface area contributed by atoms with Crippen molar-refractivity contribution in [2.75, 3.05) is 12.4 Å². The number of hydrogen-bond acceptors (Lipinski definition) is 3. The molecule has 2 rings (SSSR count). The molecule has 0 aromatic heterocycles. The maximum absolute atomic E-state index is 13.8. The van der Waals surface area contributed by atoms with Crippen LogP contribution in [0.4, 0.5) is 36.4 Å². The van der Waals surface area contributed by atoms with Gasteiger partial charge in [-0.25, -0.2) is 17.6 Å². The van der Waals surface area contributed by atoms with E-state index in [0.29, 0.717) is 11.3 Å². The fraction of sp³-hybridized carbons (Fsp3) is 0.235. The van der Waals surface area contributed by atoms with Gasteiger partial charge in [0.2, 0.25) is 5.91 Å². The second kappa shape index (κ2) is 8.05. The van der Waals surface area contributed by atoms with Crippen LogP contribution in [0.15, 0.2) is 24.3 Å². The van der Waals surface area contributed by atoms with Crippen LogP contribution in [0.1, 0.15) is 11.1 Å². The van der Waals surface area contributed by atoms with Gasteiger partial charge < -0.3 is 15.8 Å². The Morgan fingerprint density at radius 3 is 1.96 bits per heavy atom. The van der Waals surface area contributed by atoms with Gasteiger partial charge in [-0.3, -0.25) is 4.79 Å². The smallest absolute Gasteiger partial charge is 0.422 e. The highest BCUT2D eigenvalue weighted by Crippen LogP contribution is 2.38. The average molecular weight is 410 g/mol. The lowest BCUT2D eigenvalue weighted by atomic mass is 10.1. The fourth-order valence-corrected chi connectivity index (χ4v) is 2.31. The van der Waals surface area contributed by atoms with E-state index < -0.39 is 52.6 Å². The third-order valence-corrected chi connectivity index (χ3v) is 3.75. The minimum absolute atomic E-state index is 0.134. The Labute approximate surface area is 154 Å². The zero-order valence-electron chi connectivity index (χ0n) is 14.1. The van der Waals surface area contributed by atoms with Gasteiger partial charge in [0.05, 0.1) is 13.2 Å². The molecule has 152 valence electrons. The minimum atomic E-state index is -5.68. The highest BCUT2D eigenvalue weighted by molar-refractivity contribution is 5.95. The van der Waals surface area contributed by atoms with Crippen LogP contribution in [0, 0.1) is 23.3 Å². The summed E-state index contributed by atoms with van der Waals surface area (Å²) in [6.07, 6.45) is -5.81. The zero-order valence-corrected chi connectivity index (χ0v) is 14.1. The van der Waals surface area contributed by atoms with Gasteiger partial charge in [0.15, 0.2) is 23.3 Å². The Morgan fingerprint density at radius 2 is 1.54 bits per heavy atom. The van der Waals surface area contributed by atoms with Crippen LogP contribution in [-0.2, 0) is 17.4 Å². The Morgan fingerprint density at radius 1 is 1.04 bits per heavy atom. The normalized spacial score (nSPS) is 12.6. The summed E-state index contributed by atoms with van der Waals surface area (Å²) in [6.45, 7) is 0. The first-order chi connectivity index (χ1) is 13.0. The quantitative estimate of drug-likeness (QED) is 0.583. The van der Waals surface area contributed by atoms with Gasteiger partial charge in [0, 0.05) is 0 Å². The lowest BCUT2D eigenvalue weighted by molar-refractivity contribution is -0.143. The van der Waals surface area contributed by atoms with E-state index in [1.165, 1.54) is 12.4 Å². The van der Waals surface area contributed by atoms with E-state index in [1.54, 1.807) is 24.3 Å². The van der Waals surface area contributed by atoms with Crippen LogP contribution in [0.2, 0.25) is 0 Å². The standard InChI is InChI=1S/C17H13F7N2O2/c1-28-8-4-2-7(3-5-8)6-9(25)16(27)26-15-13(20)11(18)10(17(22,23)24)12(19)14(15)21/h2-5,9H,6,25H2,1H3,(H,26,27)/t9-/m0/s1. The predicted molar refractivity (Wildman–Crippen MR) is 84.6 cm³/mol. The molecule has 0 radical (unpaired) electrons. The van der Waals surface area contributed by atoms with Crippen molar-refractivity contribution in [1.29, 1.82) is 0 Å². The number of hydrogen-bond donors (Lipinski definition) is 2. The highest BCUT2D eigenvalue weighted by atomic mass is 19.4. The molecule has 0 spiro atoms. The maximum Gasteiger partial charge on any atom is 0.422 e. The molecule has 0 bridgehead atoms. The number of benzene rings is 2. The first-order valence-corrected chi connectivity index (χ1v) is 7.59. The largest absolute Gasteiger partial charge is 0.497 e. The number of anilines is 1. The first kappa shape index (κ1) is 21.5. The molecule has 2 aromatic carbocycles. The van der Waals surface area contributed by atoms with Gasteiger partial charge in [-0.05, 0) is 24.1 Å². The summed E-state index contributed by atoms with van der Waals surface area (Å²) in [6, 6.07) is 4.79. The topological polar surface area (TPSA) is 64.3 Å². The molecule has 11 heteroatoms. The van der Waals surface area contributed by atoms with Gasteiger partial charge in [-0.2, -0.15) is 13.2 Å². The number of carbonyl (C=O) groups excluding carboxylic acids is 1. The number of rotatable bonds is 5. The van der Waals surface area contributed by atoms with E-state index in [9.17, 15) is 35.5 Å². The SMILES string of the molecule is COc1ccc(C[C@H](N)C(=O)Nc2c(F)c(F)c(C(F)(F)F)c(F)c2F)cc1. The third kappa shape index (κ3) is 4.35. The molecule has 1 amide bonds. The van der Waals surface area contributed by atoms with Crippen LogP contribution >= 0.6 is 0 Å². The predicted octanol–water partition coefficient (Wildman–Crippen LogP) is 3.78. The lowest BCUT2D eigenvalue weighted by Gasteiger charge is -2.16. The molecule has 0 unspecified atom stereocenters. The molecule has 3 N–H and O–H groups in total. The van der Waals surface area contributed by atoms with Crippen LogP contribution in [0.3, 0.4) is 0 Å². The summed E-state index contributed by atoms with van der Waals surface area (Å²) >= 11 is 0. The van der Waals surface area contributed by atoms with Crippen molar-refractivity contribution in [2.45, 2.75) is 18.6 Å². The number of halogens is 7. The monoisotopic (exact) mass is 410 g/mol. The first-order valence-electron chi connectivity index (χ1n) is 7.59. The molecular weight excluding hydrogens is 397 g/mol. The zero-order chi connectivity index (χ0) is 21.2. The maximum atomic E-state index is 13.8. The molecule has 0 saturated carbocycles. The molecule has 0 fully saturated rings. The second-order valence-electron chi connectivity index (χ2n) is 5.65. The van der Waals surface area contributed by atoms with Crippen LogP contribution in [0.25, 0.3) is 0 Å². The van der Waals surface area contributed by atoms with Crippen molar-refractivity contribution in [3.63, 3.8) is 0 Å². The Hall–Kier alpha value is -2.82. The van der Waals surface area contributed by atoms with Crippen LogP contribution in [0.5, 0.6) is 5.75 Å². The Kier molecular flexibility index (Phi) is 6.17.